The van der Waals surface area contributed by atoms with Gasteiger partial charge in [-0.25, -0.2) is 4.98 Å². The zero-order chi connectivity index (χ0) is 14.0. The summed E-state index contributed by atoms with van der Waals surface area (Å²) in [6.07, 6.45) is 0.771. The second-order valence-electron chi connectivity index (χ2n) is 4.90. The quantitative estimate of drug-likeness (QED) is 0.914. The smallest absolute Gasteiger partial charge is 0.253 e. The lowest BCUT2D eigenvalue weighted by Gasteiger charge is -2.15. The van der Waals surface area contributed by atoms with E-state index in [0.29, 0.717) is 5.69 Å². The first-order chi connectivity index (χ1) is 8.97. The topological polar surface area (TPSA) is 55.1 Å². The zero-order valence-corrected chi connectivity index (χ0v) is 11.4. The predicted molar refractivity (Wildman–Crippen MR) is 74.1 cm³/mol. The van der Waals surface area contributed by atoms with Crippen molar-refractivity contribution in [2.75, 3.05) is 0 Å². The molecule has 0 radical (unpaired) electrons. The van der Waals surface area contributed by atoms with Gasteiger partial charge in [-0.1, -0.05) is 23.8 Å². The molecule has 2 rings (SSSR count). The summed E-state index contributed by atoms with van der Waals surface area (Å²) in [6.45, 7) is 5.96. The van der Waals surface area contributed by atoms with Crippen molar-refractivity contribution >= 4 is 0 Å². The van der Waals surface area contributed by atoms with E-state index in [1.165, 1.54) is 17.0 Å². The second kappa shape index (κ2) is 5.36. The van der Waals surface area contributed by atoms with Crippen LogP contribution in [0.2, 0.25) is 0 Å². The van der Waals surface area contributed by atoms with Gasteiger partial charge >= 0.3 is 0 Å². The highest BCUT2D eigenvalue weighted by Gasteiger charge is 2.12. The van der Waals surface area contributed by atoms with Crippen molar-refractivity contribution in [3.8, 4) is 0 Å². The van der Waals surface area contributed by atoms with Crippen LogP contribution in [0.3, 0.4) is 0 Å². The van der Waals surface area contributed by atoms with Crippen molar-refractivity contribution in [1.29, 1.82) is 0 Å². The summed E-state index contributed by atoms with van der Waals surface area (Å²) in [6, 6.07) is 7.35. The van der Waals surface area contributed by atoms with Gasteiger partial charge in [-0.3, -0.25) is 9.36 Å². The maximum absolute atomic E-state index is 11.8. The Morgan fingerprint density at radius 1 is 1.26 bits per heavy atom. The number of hydrogen-bond acceptors (Lipinski definition) is 3. The van der Waals surface area contributed by atoms with E-state index in [2.05, 4.69) is 4.98 Å². The van der Waals surface area contributed by atoms with Crippen LogP contribution in [-0.4, -0.2) is 14.7 Å². The third kappa shape index (κ3) is 3.09. The minimum absolute atomic E-state index is 0.142. The van der Waals surface area contributed by atoms with Crippen LogP contribution in [0.5, 0.6) is 0 Å². The fourth-order valence-electron chi connectivity index (χ4n) is 2.14. The summed E-state index contributed by atoms with van der Waals surface area (Å²) < 4.78 is 1.43. The Morgan fingerprint density at radius 2 is 2.00 bits per heavy atom. The maximum atomic E-state index is 11.8. The van der Waals surface area contributed by atoms with Gasteiger partial charge in [0.1, 0.15) is 0 Å². The molecule has 0 saturated carbocycles. The molecule has 2 aromatic rings. The van der Waals surface area contributed by atoms with Crippen molar-refractivity contribution in [2.24, 2.45) is 0 Å². The Bertz CT molecular complexity index is 647. The fourth-order valence-corrected chi connectivity index (χ4v) is 2.14. The molecular weight excluding hydrogens is 240 g/mol. The van der Waals surface area contributed by atoms with Gasteiger partial charge in [0.15, 0.2) is 0 Å². The number of aromatic nitrogens is 2. The van der Waals surface area contributed by atoms with Crippen molar-refractivity contribution in [1.82, 2.24) is 9.55 Å². The summed E-state index contributed by atoms with van der Waals surface area (Å²) in [5.74, 6) is 0. The summed E-state index contributed by atoms with van der Waals surface area (Å²) in [7, 11) is 0. The second-order valence-corrected chi connectivity index (χ2v) is 4.90. The molecule has 0 amide bonds. The van der Waals surface area contributed by atoms with E-state index in [1.54, 1.807) is 6.92 Å². The molecular formula is C15H18N2O2. The molecule has 0 bridgehead atoms. The minimum atomic E-state index is -0.706. The maximum Gasteiger partial charge on any atom is 0.253 e. The van der Waals surface area contributed by atoms with Crippen LogP contribution >= 0.6 is 0 Å². The van der Waals surface area contributed by atoms with E-state index in [-0.39, 0.29) is 12.1 Å². The van der Waals surface area contributed by atoms with Crippen LogP contribution in [0.1, 0.15) is 28.5 Å². The van der Waals surface area contributed by atoms with Crippen molar-refractivity contribution < 1.29 is 5.11 Å². The van der Waals surface area contributed by atoms with Gasteiger partial charge in [-0.05, 0) is 31.9 Å². The summed E-state index contributed by atoms with van der Waals surface area (Å²) in [5.41, 5.74) is 3.57. The number of aliphatic hydroxyl groups excluding tert-OH is 1. The highest BCUT2D eigenvalue weighted by atomic mass is 16.3. The Balaban J connectivity index is 2.25. The molecule has 1 N–H and O–H groups in total. The average Bonchev–Trinajstić information content (AvgIpc) is 2.32. The Morgan fingerprint density at radius 3 is 2.63 bits per heavy atom. The molecule has 100 valence electrons. The number of aliphatic hydroxyl groups is 1. The third-order valence-corrected chi connectivity index (χ3v) is 3.17. The van der Waals surface area contributed by atoms with E-state index in [1.807, 2.05) is 32.0 Å². The molecule has 0 saturated heterocycles. The highest BCUT2D eigenvalue weighted by molar-refractivity contribution is 5.31. The van der Waals surface area contributed by atoms with Crippen LogP contribution in [-0.2, 0) is 6.54 Å². The standard InChI is InChI=1S/C15H18N2O2/c1-10-4-5-13(11(2)6-10)14(18)8-17-9-16-12(3)7-15(17)19/h4-7,9,14,18H,8H2,1-3H3. The zero-order valence-electron chi connectivity index (χ0n) is 11.4. The molecule has 0 fully saturated rings. The van der Waals surface area contributed by atoms with Gasteiger partial charge in [0, 0.05) is 11.8 Å². The fraction of sp³-hybridized carbons (Fsp3) is 0.333. The first-order valence-corrected chi connectivity index (χ1v) is 6.25. The van der Waals surface area contributed by atoms with E-state index in [0.717, 1.165) is 16.7 Å². The predicted octanol–water partition coefficient (Wildman–Crippen LogP) is 1.90. The Kier molecular flexibility index (Phi) is 3.81. The molecule has 19 heavy (non-hydrogen) atoms. The largest absolute Gasteiger partial charge is 0.387 e. The summed E-state index contributed by atoms with van der Waals surface area (Å²) in [5, 5.41) is 10.3. The minimum Gasteiger partial charge on any atom is -0.387 e. The van der Waals surface area contributed by atoms with Crippen molar-refractivity contribution in [2.45, 2.75) is 33.4 Å². The SMILES string of the molecule is Cc1ccc(C(O)Cn2cnc(C)cc2=O)c(C)c1. The number of rotatable bonds is 3. The van der Waals surface area contributed by atoms with Crippen LogP contribution in [0.15, 0.2) is 35.4 Å². The van der Waals surface area contributed by atoms with E-state index in [9.17, 15) is 9.90 Å². The van der Waals surface area contributed by atoms with Gasteiger partial charge in [0.25, 0.3) is 5.56 Å². The van der Waals surface area contributed by atoms with Crippen LogP contribution in [0.25, 0.3) is 0 Å². The van der Waals surface area contributed by atoms with Gasteiger partial charge in [0.05, 0.1) is 19.0 Å². The van der Waals surface area contributed by atoms with Gasteiger partial charge in [0.2, 0.25) is 0 Å². The van der Waals surface area contributed by atoms with Crippen LogP contribution in [0.4, 0.5) is 0 Å². The van der Waals surface area contributed by atoms with Gasteiger partial charge in [-0.15, -0.1) is 0 Å². The molecule has 1 unspecified atom stereocenters. The first-order valence-electron chi connectivity index (χ1n) is 6.25. The molecule has 1 aromatic heterocycles. The molecule has 1 aromatic carbocycles. The van der Waals surface area contributed by atoms with Crippen LogP contribution in [0, 0.1) is 20.8 Å². The van der Waals surface area contributed by atoms with Crippen molar-refractivity contribution in [3.63, 3.8) is 0 Å². The number of hydrogen-bond donors (Lipinski definition) is 1. The summed E-state index contributed by atoms with van der Waals surface area (Å²) in [4.78, 5) is 15.8. The lowest BCUT2D eigenvalue weighted by atomic mass is 10.0. The molecule has 0 aliphatic carbocycles. The lowest BCUT2D eigenvalue weighted by molar-refractivity contribution is 0.154. The molecule has 0 aliphatic rings. The Labute approximate surface area is 112 Å². The first kappa shape index (κ1) is 13.5. The highest BCUT2D eigenvalue weighted by Crippen LogP contribution is 2.19. The number of benzene rings is 1. The normalized spacial score (nSPS) is 12.4. The molecule has 0 spiro atoms. The Hall–Kier alpha value is -1.94. The van der Waals surface area contributed by atoms with Crippen molar-refractivity contribution in [3.05, 3.63) is 63.3 Å². The lowest BCUT2D eigenvalue weighted by Crippen LogP contribution is -2.23. The van der Waals surface area contributed by atoms with Gasteiger partial charge in [-0.2, -0.15) is 0 Å². The molecule has 0 aliphatic heterocycles. The molecule has 4 heteroatoms. The van der Waals surface area contributed by atoms with Crippen LogP contribution < -0.4 is 5.56 Å². The van der Waals surface area contributed by atoms with E-state index in [4.69, 9.17) is 0 Å². The number of aryl methyl sites for hydroxylation is 3. The monoisotopic (exact) mass is 258 g/mol. The number of nitrogens with zero attached hydrogens (tertiary/aromatic N) is 2. The molecule has 1 atom stereocenters. The van der Waals surface area contributed by atoms with E-state index < -0.39 is 6.10 Å². The molecule has 4 nitrogen and oxygen atoms in total. The third-order valence-electron chi connectivity index (χ3n) is 3.17. The average molecular weight is 258 g/mol. The molecule has 1 heterocycles. The summed E-state index contributed by atoms with van der Waals surface area (Å²) >= 11 is 0. The van der Waals surface area contributed by atoms with E-state index >= 15 is 0 Å². The van der Waals surface area contributed by atoms with Gasteiger partial charge < -0.3 is 5.11 Å².